The average Bonchev–Trinajstić information content (AvgIpc) is 3.69. The van der Waals surface area contributed by atoms with Gasteiger partial charge in [-0.2, -0.15) is 0 Å². The summed E-state index contributed by atoms with van der Waals surface area (Å²) in [4.78, 5) is 88.8. The maximum absolute atomic E-state index is 13.9. The number of carboxylic acids is 1. The van der Waals surface area contributed by atoms with E-state index < -0.39 is 71.5 Å². The molecule has 0 radical (unpaired) electrons. The number of carbonyl (C=O) groups is 6. The molecule has 4 rings (SSSR count). The standard InChI is InChI=1S/C34H49N9O8/c1-18(38-29(46)26-16-21-20-10-6-7-11-22(20)40-24(21)17-43(26)33(50)51-34(3,4)5)27(44)41-23(12-8-14-37-32(35)36)30(47)42-15-9-13-25(42)28(45)39-19(2)31(48)49/h6-7,10-11,18-19,23,25-26,40H,8-9,12-17H2,1-5H3,(H,38,46)(H,39,45)(H,41,44)(H,48,49)(H4,35,36,37)/t18-,19-,23-,25-,26?/m0/s1. The van der Waals surface area contributed by atoms with Crippen molar-refractivity contribution in [1.29, 1.82) is 0 Å². The van der Waals surface area contributed by atoms with Gasteiger partial charge in [-0.15, -0.1) is 0 Å². The Kier molecular flexibility index (Phi) is 12.2. The van der Waals surface area contributed by atoms with Gasteiger partial charge in [-0.1, -0.05) is 18.2 Å². The highest BCUT2D eigenvalue weighted by molar-refractivity contribution is 5.96. The van der Waals surface area contributed by atoms with Crippen LogP contribution in [-0.2, 0) is 41.7 Å². The quantitative estimate of drug-likeness (QED) is 0.0909. The molecule has 2 aliphatic rings. The number of aromatic nitrogens is 1. The molecule has 0 aliphatic carbocycles. The van der Waals surface area contributed by atoms with Crippen LogP contribution < -0.4 is 27.4 Å². The minimum Gasteiger partial charge on any atom is -0.480 e. The monoisotopic (exact) mass is 711 g/mol. The highest BCUT2D eigenvalue weighted by atomic mass is 16.6. The van der Waals surface area contributed by atoms with E-state index in [-0.39, 0.29) is 38.4 Å². The number of nitrogens with zero attached hydrogens (tertiary/aromatic N) is 3. The smallest absolute Gasteiger partial charge is 0.411 e. The number of aromatic amines is 1. The summed E-state index contributed by atoms with van der Waals surface area (Å²) in [6.07, 6.45) is 0.715. The zero-order chi connectivity index (χ0) is 37.6. The van der Waals surface area contributed by atoms with Crippen LogP contribution >= 0.6 is 0 Å². The second-order valence-electron chi connectivity index (χ2n) is 14.0. The summed E-state index contributed by atoms with van der Waals surface area (Å²) in [6.45, 7) is 8.46. The predicted molar refractivity (Wildman–Crippen MR) is 187 cm³/mol. The fraction of sp³-hybridized carbons (Fsp3) is 0.559. The van der Waals surface area contributed by atoms with Gasteiger partial charge in [-0.25, -0.2) is 4.79 Å². The van der Waals surface area contributed by atoms with Crippen molar-refractivity contribution in [3.05, 3.63) is 35.5 Å². The summed E-state index contributed by atoms with van der Waals surface area (Å²) in [5.41, 5.74) is 12.6. The number of rotatable bonds is 12. The Morgan fingerprint density at radius 3 is 2.33 bits per heavy atom. The molecule has 1 saturated heterocycles. The minimum atomic E-state index is -1.22. The molecule has 1 aromatic carbocycles. The van der Waals surface area contributed by atoms with E-state index >= 15 is 0 Å². The van der Waals surface area contributed by atoms with Crippen LogP contribution in [0.15, 0.2) is 29.3 Å². The molecule has 1 aromatic heterocycles. The van der Waals surface area contributed by atoms with E-state index in [9.17, 15) is 33.9 Å². The van der Waals surface area contributed by atoms with Crippen LogP contribution in [0.3, 0.4) is 0 Å². The maximum Gasteiger partial charge on any atom is 0.411 e. The fourth-order valence-electron chi connectivity index (χ4n) is 6.26. The number of hydrogen-bond donors (Lipinski definition) is 7. The average molecular weight is 712 g/mol. The summed E-state index contributed by atoms with van der Waals surface area (Å²) in [6, 6.07) is 2.29. The van der Waals surface area contributed by atoms with Crippen LogP contribution in [0.25, 0.3) is 10.9 Å². The zero-order valence-corrected chi connectivity index (χ0v) is 29.7. The summed E-state index contributed by atoms with van der Waals surface area (Å²) in [7, 11) is 0. The lowest BCUT2D eigenvalue weighted by Crippen LogP contribution is -2.59. The molecule has 5 atom stereocenters. The van der Waals surface area contributed by atoms with Crippen LogP contribution in [-0.4, -0.2) is 110 Å². The van der Waals surface area contributed by atoms with Gasteiger partial charge in [0.05, 0.1) is 6.54 Å². The lowest BCUT2D eigenvalue weighted by molar-refractivity contribution is -0.144. The second kappa shape index (κ2) is 16.1. The number of likely N-dealkylation sites (tertiary alicyclic amines) is 1. The molecule has 0 bridgehead atoms. The molecular formula is C34H49N9O8. The van der Waals surface area contributed by atoms with Crippen molar-refractivity contribution in [3.63, 3.8) is 0 Å². The third-order valence-electron chi connectivity index (χ3n) is 8.81. The lowest BCUT2D eigenvalue weighted by Gasteiger charge is -2.36. The van der Waals surface area contributed by atoms with Crippen LogP contribution in [0.4, 0.5) is 4.79 Å². The number of guanidine groups is 1. The maximum atomic E-state index is 13.9. The molecule has 1 unspecified atom stereocenters. The number of carboxylic acid groups (broad SMARTS) is 1. The highest BCUT2D eigenvalue weighted by Gasteiger charge is 2.41. The minimum absolute atomic E-state index is 0.0831. The number of nitrogens with one attached hydrogen (secondary N) is 4. The number of aliphatic imine (C=N–C) groups is 1. The van der Waals surface area contributed by atoms with Crippen LogP contribution in [0.1, 0.15) is 71.6 Å². The third-order valence-corrected chi connectivity index (χ3v) is 8.81. The van der Waals surface area contributed by atoms with Gasteiger partial charge in [0.2, 0.25) is 23.6 Å². The molecule has 51 heavy (non-hydrogen) atoms. The predicted octanol–water partition coefficient (Wildman–Crippen LogP) is 0.453. The van der Waals surface area contributed by atoms with Gasteiger partial charge in [0.1, 0.15) is 35.8 Å². The van der Waals surface area contributed by atoms with Gasteiger partial charge in [-0.3, -0.25) is 33.9 Å². The van der Waals surface area contributed by atoms with Crippen molar-refractivity contribution in [2.24, 2.45) is 16.5 Å². The number of fused-ring (bicyclic) bond motifs is 3. The largest absolute Gasteiger partial charge is 0.480 e. The first-order valence-corrected chi connectivity index (χ1v) is 17.0. The topological polar surface area (TPSA) is 255 Å². The number of benzene rings is 1. The van der Waals surface area contributed by atoms with Gasteiger partial charge < -0.3 is 47.1 Å². The lowest BCUT2D eigenvalue weighted by atomic mass is 9.96. The van der Waals surface area contributed by atoms with E-state index in [0.29, 0.717) is 19.3 Å². The normalized spacial score (nSPS) is 18.9. The van der Waals surface area contributed by atoms with E-state index in [0.717, 1.165) is 22.2 Å². The van der Waals surface area contributed by atoms with Gasteiger partial charge in [-0.05, 0) is 71.9 Å². The van der Waals surface area contributed by atoms with Crippen molar-refractivity contribution in [3.8, 4) is 0 Å². The number of para-hydroxylation sites is 1. The molecule has 9 N–H and O–H groups in total. The molecule has 17 nitrogen and oxygen atoms in total. The molecular weight excluding hydrogens is 662 g/mol. The first-order valence-electron chi connectivity index (χ1n) is 17.0. The van der Waals surface area contributed by atoms with E-state index in [4.69, 9.17) is 16.2 Å². The number of aliphatic carboxylic acids is 1. The van der Waals surface area contributed by atoms with Crippen molar-refractivity contribution >= 4 is 52.6 Å². The van der Waals surface area contributed by atoms with Crippen molar-refractivity contribution in [1.82, 2.24) is 30.7 Å². The van der Waals surface area contributed by atoms with Gasteiger partial charge in [0, 0.05) is 36.1 Å². The molecule has 0 saturated carbocycles. The summed E-state index contributed by atoms with van der Waals surface area (Å²) < 4.78 is 5.64. The zero-order valence-electron chi connectivity index (χ0n) is 29.7. The van der Waals surface area contributed by atoms with Crippen LogP contribution in [0, 0.1) is 0 Å². The number of hydrogen-bond acceptors (Lipinski definition) is 8. The van der Waals surface area contributed by atoms with Gasteiger partial charge in [0.25, 0.3) is 0 Å². The number of ether oxygens (including phenoxy) is 1. The number of nitrogens with two attached hydrogens (primary N) is 2. The molecule has 17 heteroatoms. The molecule has 0 spiro atoms. The Morgan fingerprint density at radius 1 is 1.00 bits per heavy atom. The first kappa shape index (κ1) is 38.5. The molecule has 3 heterocycles. The van der Waals surface area contributed by atoms with E-state index in [1.165, 1.54) is 23.6 Å². The van der Waals surface area contributed by atoms with Crippen molar-refractivity contribution in [2.75, 3.05) is 13.1 Å². The Bertz CT molecular complexity index is 1680. The Hall–Kier alpha value is -5.35. The van der Waals surface area contributed by atoms with Crippen molar-refractivity contribution < 1.29 is 38.6 Å². The number of carbonyl (C=O) groups excluding carboxylic acids is 5. The van der Waals surface area contributed by atoms with Gasteiger partial charge >= 0.3 is 12.1 Å². The van der Waals surface area contributed by atoms with Crippen molar-refractivity contribution in [2.45, 2.75) is 109 Å². The number of amides is 5. The number of H-pyrrole nitrogens is 1. The first-order chi connectivity index (χ1) is 24.0. The molecule has 5 amide bonds. The fourth-order valence-corrected chi connectivity index (χ4v) is 6.26. The highest BCUT2D eigenvalue weighted by Crippen LogP contribution is 2.31. The van der Waals surface area contributed by atoms with E-state index in [2.05, 4.69) is 25.9 Å². The van der Waals surface area contributed by atoms with Crippen LogP contribution in [0.2, 0.25) is 0 Å². The summed E-state index contributed by atoms with van der Waals surface area (Å²) in [5, 5.41) is 18.0. The van der Waals surface area contributed by atoms with E-state index in [1.807, 2.05) is 24.3 Å². The summed E-state index contributed by atoms with van der Waals surface area (Å²) in [5.74, 6) is -3.76. The van der Waals surface area contributed by atoms with Crippen LogP contribution in [0.5, 0.6) is 0 Å². The second-order valence-corrected chi connectivity index (χ2v) is 14.0. The third kappa shape index (κ3) is 9.67. The molecule has 2 aromatic rings. The van der Waals surface area contributed by atoms with Gasteiger partial charge in [0.15, 0.2) is 5.96 Å². The Balaban J connectivity index is 1.51. The Labute approximate surface area is 295 Å². The Morgan fingerprint density at radius 2 is 1.67 bits per heavy atom. The van der Waals surface area contributed by atoms with E-state index in [1.54, 1.807) is 20.8 Å². The summed E-state index contributed by atoms with van der Waals surface area (Å²) >= 11 is 0. The SMILES string of the molecule is C[C@H](NC(=O)[C@@H]1CCCN1C(=O)[C@H](CCCN=C(N)N)NC(=O)[C@H](C)NC(=O)C1Cc2c([nH]c3ccccc23)CN1C(=O)OC(C)(C)C)C(=O)O. The molecule has 1 fully saturated rings. The molecule has 2 aliphatic heterocycles. The molecule has 278 valence electrons.